The fourth-order valence-corrected chi connectivity index (χ4v) is 2.73. The molecule has 0 spiro atoms. The van der Waals surface area contributed by atoms with Gasteiger partial charge >= 0.3 is 0 Å². The van der Waals surface area contributed by atoms with Crippen LogP contribution in [0.5, 0.6) is 5.75 Å². The molecule has 0 saturated heterocycles. The van der Waals surface area contributed by atoms with Crippen LogP contribution < -0.4 is 10.1 Å². The summed E-state index contributed by atoms with van der Waals surface area (Å²) in [5.41, 5.74) is -0.326. The number of nitrogens with one attached hydrogen (secondary N) is 1. The zero-order valence-corrected chi connectivity index (χ0v) is 13.3. The van der Waals surface area contributed by atoms with Crippen molar-refractivity contribution in [2.45, 2.75) is 42.7 Å². The van der Waals surface area contributed by atoms with Gasteiger partial charge in [-0.05, 0) is 44.0 Å². The molecule has 21 heavy (non-hydrogen) atoms. The molecule has 0 aliphatic heterocycles. The smallest absolute Gasteiger partial charge is 0.175 e. The zero-order valence-electron chi connectivity index (χ0n) is 12.5. The van der Waals surface area contributed by atoms with Crippen molar-refractivity contribution >= 4 is 9.84 Å². The van der Waals surface area contributed by atoms with E-state index in [2.05, 4.69) is 5.32 Å². The normalized spacial score (nSPS) is 18.2. The highest BCUT2D eigenvalue weighted by molar-refractivity contribution is 7.90. The maximum Gasteiger partial charge on any atom is 0.175 e. The first-order valence-corrected chi connectivity index (χ1v) is 9.03. The molecule has 5 nitrogen and oxygen atoms in total. The lowest BCUT2D eigenvalue weighted by Crippen LogP contribution is -2.48. The van der Waals surface area contributed by atoms with E-state index in [1.807, 2.05) is 6.92 Å². The second-order valence-electron chi connectivity index (χ2n) is 5.98. The van der Waals surface area contributed by atoms with Gasteiger partial charge in [-0.2, -0.15) is 0 Å². The Kier molecular flexibility index (Phi) is 4.91. The van der Waals surface area contributed by atoms with Gasteiger partial charge < -0.3 is 15.2 Å². The topological polar surface area (TPSA) is 75.6 Å². The maximum absolute atomic E-state index is 11.4. The number of aliphatic hydroxyl groups excluding tert-OH is 1. The van der Waals surface area contributed by atoms with Crippen LogP contribution in [0.3, 0.4) is 0 Å². The van der Waals surface area contributed by atoms with Crippen LogP contribution in [0.4, 0.5) is 0 Å². The minimum absolute atomic E-state index is 0.0693. The highest BCUT2D eigenvalue weighted by Crippen LogP contribution is 2.24. The lowest BCUT2D eigenvalue weighted by molar-refractivity contribution is 0.142. The lowest BCUT2D eigenvalue weighted by Gasteiger charge is -2.29. The molecule has 2 rings (SSSR count). The Morgan fingerprint density at radius 2 is 1.95 bits per heavy atom. The average molecular weight is 313 g/mol. The van der Waals surface area contributed by atoms with Crippen molar-refractivity contribution in [3.8, 4) is 5.75 Å². The molecular formula is C15H23NO4S. The fraction of sp³-hybridized carbons (Fsp3) is 0.600. The van der Waals surface area contributed by atoms with E-state index in [0.717, 1.165) is 0 Å². The first kappa shape index (κ1) is 16.3. The van der Waals surface area contributed by atoms with Crippen molar-refractivity contribution in [2.75, 3.05) is 19.5 Å². The Balaban J connectivity index is 1.85. The number of sulfone groups is 1. The van der Waals surface area contributed by atoms with Crippen molar-refractivity contribution < 1.29 is 18.3 Å². The summed E-state index contributed by atoms with van der Waals surface area (Å²) in [6, 6.07) is 6.91. The van der Waals surface area contributed by atoms with Crippen LogP contribution in [0.2, 0.25) is 0 Å². The lowest BCUT2D eigenvalue weighted by atomic mass is 9.99. The molecule has 0 aromatic heterocycles. The molecule has 1 unspecified atom stereocenters. The molecule has 6 heteroatoms. The van der Waals surface area contributed by atoms with Crippen LogP contribution in [0.25, 0.3) is 0 Å². The van der Waals surface area contributed by atoms with Gasteiger partial charge in [-0.3, -0.25) is 0 Å². The van der Waals surface area contributed by atoms with Gasteiger partial charge in [0, 0.05) is 24.3 Å². The molecule has 0 heterocycles. The molecule has 118 valence electrons. The quantitative estimate of drug-likeness (QED) is 0.758. The molecule has 1 atom stereocenters. The molecule has 1 aliphatic carbocycles. The van der Waals surface area contributed by atoms with E-state index in [-0.39, 0.29) is 17.0 Å². The third-order valence-corrected chi connectivity index (χ3v) is 4.78. The Labute approximate surface area is 126 Å². The summed E-state index contributed by atoms with van der Waals surface area (Å²) in [7, 11) is -3.17. The van der Waals surface area contributed by atoms with Gasteiger partial charge in [0.1, 0.15) is 5.75 Å². The van der Waals surface area contributed by atoms with E-state index in [0.29, 0.717) is 24.8 Å². The summed E-state index contributed by atoms with van der Waals surface area (Å²) in [6.07, 6.45) is 4.21. The van der Waals surface area contributed by atoms with Gasteiger partial charge in [0.2, 0.25) is 0 Å². The Morgan fingerprint density at radius 1 is 1.33 bits per heavy atom. The highest BCUT2D eigenvalue weighted by atomic mass is 32.2. The Hall–Kier alpha value is -1.11. The van der Waals surface area contributed by atoms with Crippen LogP contribution in [0.1, 0.15) is 26.2 Å². The van der Waals surface area contributed by atoms with Crippen LogP contribution in [-0.4, -0.2) is 44.6 Å². The van der Waals surface area contributed by atoms with E-state index in [1.165, 1.54) is 19.1 Å². The molecule has 2 N–H and O–H groups in total. The maximum atomic E-state index is 11.4. The Morgan fingerprint density at radius 3 is 2.43 bits per heavy atom. The minimum Gasteiger partial charge on any atom is -0.494 e. The van der Waals surface area contributed by atoms with E-state index < -0.39 is 9.84 Å². The summed E-state index contributed by atoms with van der Waals surface area (Å²) in [5.74, 6) is 0.633. The van der Waals surface area contributed by atoms with E-state index in [1.54, 1.807) is 24.3 Å². The predicted molar refractivity (Wildman–Crippen MR) is 81.3 cm³/mol. The molecule has 1 aliphatic rings. The molecule has 1 aromatic carbocycles. The average Bonchev–Trinajstić information content (AvgIpc) is 3.22. The van der Waals surface area contributed by atoms with Gasteiger partial charge in [0.15, 0.2) is 9.84 Å². The molecule has 1 fully saturated rings. The number of hydrogen-bond donors (Lipinski definition) is 2. The van der Waals surface area contributed by atoms with Crippen molar-refractivity contribution in [3.05, 3.63) is 24.3 Å². The third kappa shape index (κ3) is 4.98. The van der Waals surface area contributed by atoms with Gasteiger partial charge in [-0.25, -0.2) is 8.42 Å². The van der Waals surface area contributed by atoms with Crippen molar-refractivity contribution in [1.29, 1.82) is 0 Å². The number of aliphatic hydroxyl groups is 1. The van der Waals surface area contributed by atoms with Crippen LogP contribution in [0.15, 0.2) is 29.2 Å². The number of hydrogen-bond acceptors (Lipinski definition) is 5. The van der Waals surface area contributed by atoms with E-state index in [4.69, 9.17) is 4.74 Å². The van der Waals surface area contributed by atoms with Gasteiger partial charge in [-0.15, -0.1) is 0 Å². The van der Waals surface area contributed by atoms with Crippen LogP contribution >= 0.6 is 0 Å². The molecule has 0 radical (unpaired) electrons. The monoisotopic (exact) mass is 313 g/mol. The number of benzene rings is 1. The van der Waals surface area contributed by atoms with E-state index in [9.17, 15) is 13.5 Å². The van der Waals surface area contributed by atoms with Gasteiger partial charge in [0.25, 0.3) is 0 Å². The Bertz CT molecular complexity index is 566. The standard InChI is InChI=1S/C15H23NO4S/c1-15(11-17,16-12-3-4-12)9-10-20-13-5-7-14(8-6-13)21(2,18)19/h5-8,12,16-17H,3-4,9-11H2,1-2H3. The van der Waals surface area contributed by atoms with Gasteiger partial charge in [-0.1, -0.05) is 0 Å². The molecule has 1 aromatic rings. The summed E-state index contributed by atoms with van der Waals surface area (Å²) < 4.78 is 28.3. The fourth-order valence-electron chi connectivity index (χ4n) is 2.09. The predicted octanol–water partition coefficient (Wildman–Crippen LogP) is 1.36. The first-order chi connectivity index (χ1) is 9.82. The van der Waals surface area contributed by atoms with Gasteiger partial charge in [0.05, 0.1) is 18.1 Å². The second-order valence-corrected chi connectivity index (χ2v) is 8.00. The summed E-state index contributed by atoms with van der Waals surface area (Å²) in [4.78, 5) is 0.283. The molecular weight excluding hydrogens is 290 g/mol. The highest BCUT2D eigenvalue weighted by Gasteiger charge is 2.31. The van der Waals surface area contributed by atoms with Crippen molar-refractivity contribution in [2.24, 2.45) is 0 Å². The van der Waals surface area contributed by atoms with Crippen LogP contribution in [0, 0.1) is 0 Å². The second kappa shape index (κ2) is 6.34. The van der Waals surface area contributed by atoms with E-state index >= 15 is 0 Å². The SMILES string of the molecule is CC(CO)(CCOc1ccc(S(C)(=O)=O)cc1)NC1CC1. The number of ether oxygens (including phenoxy) is 1. The third-order valence-electron chi connectivity index (χ3n) is 3.65. The summed E-state index contributed by atoms with van der Waals surface area (Å²) in [6.45, 7) is 2.52. The van der Waals surface area contributed by atoms with Crippen molar-refractivity contribution in [3.63, 3.8) is 0 Å². The minimum atomic E-state index is -3.17. The first-order valence-electron chi connectivity index (χ1n) is 7.14. The van der Waals surface area contributed by atoms with Crippen LogP contribution in [-0.2, 0) is 9.84 Å². The zero-order chi connectivity index (χ0) is 15.5. The molecule has 0 amide bonds. The molecule has 1 saturated carbocycles. The summed E-state index contributed by atoms with van der Waals surface area (Å²) in [5, 5.41) is 12.9. The van der Waals surface area contributed by atoms with Crippen molar-refractivity contribution in [1.82, 2.24) is 5.32 Å². The summed E-state index contributed by atoms with van der Waals surface area (Å²) >= 11 is 0. The molecule has 0 bridgehead atoms. The number of rotatable bonds is 8. The largest absolute Gasteiger partial charge is 0.494 e.